The minimum absolute atomic E-state index is 0.0536. The van der Waals surface area contributed by atoms with Gasteiger partial charge in [-0.1, -0.05) is 60.7 Å². The molecule has 2 amide bonds. The second-order valence-corrected chi connectivity index (χ2v) is 6.97. The van der Waals surface area contributed by atoms with E-state index >= 15 is 0 Å². The van der Waals surface area contributed by atoms with Gasteiger partial charge in [-0.15, -0.1) is 0 Å². The molecule has 2 aliphatic rings. The van der Waals surface area contributed by atoms with Gasteiger partial charge < -0.3 is 15.4 Å². The molecule has 4 heteroatoms. The number of nitrogens with one attached hydrogen (secondary N) is 2. The van der Waals surface area contributed by atoms with Crippen LogP contribution in [0.25, 0.3) is 0 Å². The van der Waals surface area contributed by atoms with Crippen LogP contribution in [-0.2, 0) is 4.74 Å². The van der Waals surface area contributed by atoms with E-state index in [1.807, 2.05) is 24.3 Å². The van der Waals surface area contributed by atoms with Gasteiger partial charge in [0.15, 0.2) is 0 Å². The Bertz CT molecular complexity index is 704. The number of ether oxygens (including phenoxy) is 1. The molecule has 1 aliphatic heterocycles. The molecule has 2 aromatic rings. The third-order valence-electron chi connectivity index (χ3n) is 5.13. The van der Waals surface area contributed by atoms with Gasteiger partial charge in [-0.3, -0.25) is 0 Å². The van der Waals surface area contributed by atoms with Crippen molar-refractivity contribution in [3.63, 3.8) is 0 Å². The van der Waals surface area contributed by atoms with Crippen molar-refractivity contribution in [3.05, 3.63) is 71.8 Å². The van der Waals surface area contributed by atoms with Gasteiger partial charge in [-0.25, -0.2) is 4.79 Å². The summed E-state index contributed by atoms with van der Waals surface area (Å²) in [5, 5.41) is 6.25. The molecule has 0 bridgehead atoms. The zero-order valence-electron chi connectivity index (χ0n) is 14.2. The molecule has 1 saturated heterocycles. The second kappa shape index (κ2) is 7.28. The van der Waals surface area contributed by atoms with Crippen LogP contribution in [0.5, 0.6) is 0 Å². The molecular formula is C21H24N2O2. The van der Waals surface area contributed by atoms with Crippen molar-refractivity contribution in [2.75, 3.05) is 6.61 Å². The number of amides is 2. The van der Waals surface area contributed by atoms with Crippen LogP contribution in [0, 0.1) is 0 Å². The molecule has 0 spiro atoms. The molecular weight excluding hydrogens is 312 g/mol. The number of carbonyl (C=O) groups excluding carboxylic acids is 1. The summed E-state index contributed by atoms with van der Waals surface area (Å²) in [6, 6.07) is 21.0. The first-order valence-corrected chi connectivity index (χ1v) is 9.08. The number of urea groups is 1. The summed E-state index contributed by atoms with van der Waals surface area (Å²) in [7, 11) is 0. The van der Waals surface area contributed by atoms with Crippen molar-refractivity contribution in [2.24, 2.45) is 0 Å². The van der Waals surface area contributed by atoms with Crippen molar-refractivity contribution in [1.29, 1.82) is 0 Å². The minimum atomic E-state index is -0.0536. The Hall–Kier alpha value is -2.33. The molecule has 1 saturated carbocycles. The van der Waals surface area contributed by atoms with Gasteiger partial charge in [-0.05, 0) is 30.4 Å². The summed E-state index contributed by atoms with van der Waals surface area (Å²) < 4.78 is 5.87. The van der Waals surface area contributed by atoms with Gasteiger partial charge in [0.2, 0.25) is 0 Å². The van der Waals surface area contributed by atoms with E-state index in [-0.39, 0.29) is 24.2 Å². The first-order chi connectivity index (χ1) is 12.3. The average Bonchev–Trinajstić information content (AvgIpc) is 3.42. The summed E-state index contributed by atoms with van der Waals surface area (Å²) in [5.74, 6) is 0.457. The van der Waals surface area contributed by atoms with Crippen LogP contribution in [0.1, 0.15) is 42.4 Å². The highest BCUT2D eigenvalue weighted by atomic mass is 16.5. The van der Waals surface area contributed by atoms with Gasteiger partial charge in [0.05, 0.1) is 6.10 Å². The van der Waals surface area contributed by atoms with E-state index in [9.17, 15) is 4.79 Å². The van der Waals surface area contributed by atoms with Crippen LogP contribution >= 0.6 is 0 Å². The van der Waals surface area contributed by atoms with Crippen molar-refractivity contribution >= 4 is 6.03 Å². The summed E-state index contributed by atoms with van der Waals surface area (Å²) in [6.45, 7) is 0.681. The Morgan fingerprint density at radius 3 is 2.28 bits per heavy atom. The van der Waals surface area contributed by atoms with Crippen LogP contribution in [0.2, 0.25) is 0 Å². The molecule has 130 valence electrons. The Kier molecular flexibility index (Phi) is 4.70. The first-order valence-electron chi connectivity index (χ1n) is 9.08. The molecule has 0 unspecified atom stereocenters. The van der Waals surface area contributed by atoms with Crippen molar-refractivity contribution in [2.45, 2.75) is 43.4 Å². The minimum Gasteiger partial charge on any atom is -0.373 e. The topological polar surface area (TPSA) is 50.4 Å². The van der Waals surface area contributed by atoms with Crippen LogP contribution in [0.15, 0.2) is 60.7 Å². The summed E-state index contributed by atoms with van der Waals surface area (Å²) in [5.41, 5.74) is 2.49. The fourth-order valence-electron chi connectivity index (χ4n) is 3.65. The Morgan fingerprint density at radius 2 is 1.56 bits per heavy atom. The quantitative estimate of drug-likeness (QED) is 0.893. The van der Waals surface area contributed by atoms with E-state index in [2.05, 4.69) is 47.0 Å². The fraction of sp³-hybridized carbons (Fsp3) is 0.381. The molecule has 1 aliphatic carbocycles. The molecule has 4 rings (SSSR count). The first kappa shape index (κ1) is 16.2. The molecule has 1 heterocycles. The van der Waals surface area contributed by atoms with Crippen LogP contribution in [0.3, 0.4) is 0 Å². The molecule has 4 atom stereocenters. The van der Waals surface area contributed by atoms with E-state index in [4.69, 9.17) is 4.74 Å². The average molecular weight is 336 g/mol. The third kappa shape index (κ3) is 4.02. The normalized spacial score (nSPS) is 28.2. The predicted molar refractivity (Wildman–Crippen MR) is 97.4 cm³/mol. The summed E-state index contributed by atoms with van der Waals surface area (Å²) in [4.78, 5) is 12.3. The van der Waals surface area contributed by atoms with Crippen LogP contribution < -0.4 is 10.6 Å². The third-order valence-corrected chi connectivity index (χ3v) is 5.13. The van der Waals surface area contributed by atoms with Crippen molar-refractivity contribution in [1.82, 2.24) is 10.6 Å². The zero-order chi connectivity index (χ0) is 17.1. The van der Waals surface area contributed by atoms with E-state index in [1.165, 1.54) is 11.1 Å². The van der Waals surface area contributed by atoms with E-state index in [1.54, 1.807) is 0 Å². The maximum absolute atomic E-state index is 12.3. The number of benzene rings is 2. The van der Waals surface area contributed by atoms with Gasteiger partial charge >= 0.3 is 6.03 Å². The Labute approximate surface area is 148 Å². The largest absolute Gasteiger partial charge is 0.373 e. The lowest BCUT2D eigenvalue weighted by molar-refractivity contribution is 0.00225. The van der Waals surface area contributed by atoms with Gasteiger partial charge in [0.1, 0.15) is 0 Å². The number of carbonyl (C=O) groups is 1. The number of rotatable bonds is 4. The van der Waals surface area contributed by atoms with Gasteiger partial charge in [0, 0.05) is 24.6 Å². The molecule has 2 fully saturated rings. The smallest absolute Gasteiger partial charge is 0.315 e. The number of hydrogen-bond donors (Lipinski definition) is 2. The Morgan fingerprint density at radius 1 is 0.880 bits per heavy atom. The molecule has 2 aromatic carbocycles. The standard InChI is InChI=1S/C21H24N2O2/c24-21(23-19-14-18(19)15-7-3-1-4-8-15)22-17-11-12-25-20(13-17)16-9-5-2-6-10-16/h1-10,17-20H,11-14H2,(H2,22,23,24)/t17-,18-,19+,20+/m1/s1. The van der Waals surface area contributed by atoms with Crippen molar-refractivity contribution < 1.29 is 9.53 Å². The van der Waals surface area contributed by atoms with Gasteiger partial charge in [-0.2, -0.15) is 0 Å². The summed E-state index contributed by atoms with van der Waals surface area (Å²) in [6.07, 6.45) is 2.78. The van der Waals surface area contributed by atoms with Crippen LogP contribution in [0.4, 0.5) is 4.79 Å². The maximum atomic E-state index is 12.3. The predicted octanol–water partition coefficient (Wildman–Crippen LogP) is 3.76. The second-order valence-electron chi connectivity index (χ2n) is 6.97. The summed E-state index contributed by atoms with van der Waals surface area (Å²) >= 11 is 0. The number of hydrogen-bond acceptors (Lipinski definition) is 2. The fourth-order valence-corrected chi connectivity index (χ4v) is 3.65. The highest BCUT2D eigenvalue weighted by Gasteiger charge is 2.39. The maximum Gasteiger partial charge on any atom is 0.315 e. The van der Waals surface area contributed by atoms with Crippen molar-refractivity contribution in [3.8, 4) is 0 Å². The SMILES string of the molecule is O=C(N[C@@H]1CCO[C@H](c2ccccc2)C1)N[C@H]1C[C@@H]1c1ccccc1. The highest BCUT2D eigenvalue weighted by molar-refractivity contribution is 5.75. The molecule has 0 radical (unpaired) electrons. The lowest BCUT2D eigenvalue weighted by Gasteiger charge is -2.30. The Balaban J connectivity index is 1.27. The van der Waals surface area contributed by atoms with E-state index in [0.717, 1.165) is 19.3 Å². The van der Waals surface area contributed by atoms with Crippen LogP contribution in [-0.4, -0.2) is 24.7 Å². The lowest BCUT2D eigenvalue weighted by atomic mass is 9.97. The van der Waals surface area contributed by atoms with E-state index < -0.39 is 0 Å². The monoisotopic (exact) mass is 336 g/mol. The lowest BCUT2D eigenvalue weighted by Crippen LogP contribution is -2.45. The molecule has 4 nitrogen and oxygen atoms in total. The molecule has 2 N–H and O–H groups in total. The molecule has 25 heavy (non-hydrogen) atoms. The zero-order valence-corrected chi connectivity index (χ0v) is 14.2. The molecule has 0 aromatic heterocycles. The van der Waals surface area contributed by atoms with E-state index in [0.29, 0.717) is 12.5 Å². The van der Waals surface area contributed by atoms with Gasteiger partial charge in [0.25, 0.3) is 0 Å². The highest BCUT2D eigenvalue weighted by Crippen LogP contribution is 2.40.